The topological polar surface area (TPSA) is 42.2 Å². The molecular weight excluding hydrogens is 437 g/mol. The van der Waals surface area contributed by atoms with Crippen molar-refractivity contribution in [2.45, 2.75) is 6.92 Å². The third kappa shape index (κ3) is 3.81. The molecule has 168 valence electrons. The molecule has 0 fully saturated rings. The van der Waals surface area contributed by atoms with Gasteiger partial charge in [0.15, 0.2) is 11.6 Å². The number of hydrogen-bond acceptors (Lipinski definition) is 3. The molecule has 0 radical (unpaired) electrons. The maximum absolute atomic E-state index is 14.4. The molecule has 0 saturated heterocycles. The van der Waals surface area contributed by atoms with Crippen molar-refractivity contribution in [1.82, 2.24) is 14.4 Å². The van der Waals surface area contributed by atoms with Crippen molar-refractivity contribution in [3.05, 3.63) is 115 Å². The minimum Gasteiger partial charge on any atom is -0.355 e. The van der Waals surface area contributed by atoms with Crippen molar-refractivity contribution in [1.29, 1.82) is 0 Å². The van der Waals surface area contributed by atoms with Gasteiger partial charge in [-0.2, -0.15) is 0 Å². The molecule has 5 aromatic rings. The molecule has 0 bridgehead atoms. The number of aromatic nitrogens is 3. The fraction of sp³-hybridized carbons (Fsp3) is 0.0370. The smallest absolute Gasteiger partial charge is 0.169 e. The minimum absolute atomic E-state index is 0.0803. The van der Waals surface area contributed by atoms with Crippen molar-refractivity contribution in [2.24, 2.45) is 0 Å². The Bertz CT molecular complexity index is 1540. The van der Waals surface area contributed by atoms with Gasteiger partial charge in [-0.25, -0.2) is 18.2 Å². The summed E-state index contributed by atoms with van der Waals surface area (Å²) in [5.41, 5.74) is 5.30. The van der Waals surface area contributed by atoms with E-state index in [2.05, 4.69) is 21.9 Å². The van der Waals surface area contributed by atoms with Crippen molar-refractivity contribution in [2.75, 3.05) is 5.32 Å². The number of nitrogens with one attached hydrogen (secondary N) is 1. The SMILES string of the molecule is C=C(Nc1ccc(F)cc1)c1cc(-c2cccn3c(-c4cccc(F)c4F)ncc23)cnc1C. The first-order valence-electron chi connectivity index (χ1n) is 10.5. The number of benzene rings is 2. The molecule has 4 nitrogen and oxygen atoms in total. The van der Waals surface area contributed by atoms with Crippen LogP contribution in [0.4, 0.5) is 18.9 Å². The Morgan fingerprint density at radius 1 is 0.912 bits per heavy atom. The second-order valence-electron chi connectivity index (χ2n) is 7.83. The molecule has 0 unspecified atom stereocenters. The van der Waals surface area contributed by atoms with Crippen LogP contribution in [-0.4, -0.2) is 14.4 Å². The average Bonchev–Trinajstić information content (AvgIpc) is 3.27. The lowest BCUT2D eigenvalue weighted by Gasteiger charge is -2.14. The predicted octanol–water partition coefficient (Wildman–Crippen LogP) is 6.87. The fourth-order valence-electron chi connectivity index (χ4n) is 3.90. The Morgan fingerprint density at radius 3 is 2.47 bits per heavy atom. The number of rotatable bonds is 5. The average molecular weight is 456 g/mol. The van der Waals surface area contributed by atoms with Gasteiger partial charge >= 0.3 is 0 Å². The van der Waals surface area contributed by atoms with E-state index in [1.165, 1.54) is 24.3 Å². The van der Waals surface area contributed by atoms with Crippen molar-refractivity contribution >= 4 is 16.9 Å². The third-order valence-electron chi connectivity index (χ3n) is 5.63. The Hall–Kier alpha value is -4.39. The van der Waals surface area contributed by atoms with E-state index in [9.17, 15) is 13.2 Å². The standard InChI is InChI=1S/C27H19F3N4/c1-16-23(17(2)33-20-10-8-19(28)9-11-20)13-18(14-31-16)21-6-4-12-34-25(21)15-32-27(34)22-5-3-7-24(29)26(22)30/h3-15,33H,2H2,1H3. The van der Waals surface area contributed by atoms with E-state index in [0.717, 1.165) is 34.0 Å². The molecule has 0 aliphatic heterocycles. The largest absolute Gasteiger partial charge is 0.355 e. The van der Waals surface area contributed by atoms with Gasteiger partial charge in [-0.3, -0.25) is 9.38 Å². The highest BCUT2D eigenvalue weighted by Crippen LogP contribution is 2.31. The Morgan fingerprint density at radius 2 is 1.68 bits per heavy atom. The number of hydrogen-bond donors (Lipinski definition) is 1. The van der Waals surface area contributed by atoms with Crippen LogP contribution < -0.4 is 5.32 Å². The van der Waals surface area contributed by atoms with Crippen LogP contribution in [-0.2, 0) is 0 Å². The van der Waals surface area contributed by atoms with E-state index in [-0.39, 0.29) is 11.4 Å². The molecule has 0 aliphatic carbocycles. The number of nitrogens with zero attached hydrogens (tertiary/aromatic N) is 3. The molecular formula is C27H19F3N4. The quantitative estimate of drug-likeness (QED) is 0.314. The number of imidazole rings is 1. The second-order valence-corrected chi connectivity index (χ2v) is 7.83. The summed E-state index contributed by atoms with van der Waals surface area (Å²) < 4.78 is 43.2. The van der Waals surface area contributed by atoms with Crippen molar-refractivity contribution in [3.63, 3.8) is 0 Å². The number of anilines is 1. The lowest BCUT2D eigenvalue weighted by Crippen LogP contribution is -2.02. The van der Waals surface area contributed by atoms with Gasteiger partial charge in [-0.05, 0) is 55.5 Å². The maximum atomic E-state index is 14.4. The number of fused-ring (bicyclic) bond motifs is 1. The summed E-state index contributed by atoms with van der Waals surface area (Å²) in [5.74, 6) is -1.88. The van der Waals surface area contributed by atoms with Gasteiger partial charge in [-0.1, -0.05) is 18.7 Å². The van der Waals surface area contributed by atoms with E-state index in [4.69, 9.17) is 0 Å². The highest BCUT2D eigenvalue weighted by atomic mass is 19.2. The first kappa shape index (κ1) is 21.5. The first-order chi connectivity index (χ1) is 16.4. The molecule has 3 heterocycles. The van der Waals surface area contributed by atoms with Crippen LogP contribution in [0.5, 0.6) is 0 Å². The molecule has 0 spiro atoms. The highest BCUT2D eigenvalue weighted by molar-refractivity contribution is 5.85. The lowest BCUT2D eigenvalue weighted by molar-refractivity contribution is 0.510. The van der Waals surface area contributed by atoms with Crippen LogP contribution in [0, 0.1) is 24.4 Å². The van der Waals surface area contributed by atoms with E-state index in [1.807, 2.05) is 25.1 Å². The van der Waals surface area contributed by atoms with Gasteiger partial charge in [0, 0.05) is 46.2 Å². The fourth-order valence-corrected chi connectivity index (χ4v) is 3.90. The minimum atomic E-state index is -0.942. The van der Waals surface area contributed by atoms with Crippen LogP contribution in [0.3, 0.4) is 0 Å². The molecule has 0 saturated carbocycles. The molecule has 0 atom stereocenters. The number of halogens is 3. The lowest BCUT2D eigenvalue weighted by atomic mass is 10.0. The first-order valence-corrected chi connectivity index (χ1v) is 10.5. The van der Waals surface area contributed by atoms with Gasteiger partial charge in [0.05, 0.1) is 17.3 Å². The molecule has 1 N–H and O–H groups in total. The van der Waals surface area contributed by atoms with Crippen LogP contribution in [0.15, 0.2) is 85.8 Å². The highest BCUT2D eigenvalue weighted by Gasteiger charge is 2.17. The zero-order chi connectivity index (χ0) is 23.8. The third-order valence-corrected chi connectivity index (χ3v) is 5.63. The zero-order valence-electron chi connectivity index (χ0n) is 18.2. The van der Waals surface area contributed by atoms with E-state index >= 15 is 0 Å². The molecule has 0 amide bonds. The monoisotopic (exact) mass is 456 g/mol. The molecule has 0 aliphatic rings. The Balaban J connectivity index is 1.55. The molecule has 5 rings (SSSR count). The summed E-state index contributed by atoms with van der Waals surface area (Å²) in [4.78, 5) is 8.90. The summed E-state index contributed by atoms with van der Waals surface area (Å²) in [6, 6.07) is 15.7. The molecule has 34 heavy (non-hydrogen) atoms. The van der Waals surface area contributed by atoms with Crippen LogP contribution >= 0.6 is 0 Å². The number of pyridine rings is 2. The summed E-state index contributed by atoms with van der Waals surface area (Å²) in [7, 11) is 0. The Kier molecular flexibility index (Phi) is 5.37. The van der Waals surface area contributed by atoms with Crippen molar-refractivity contribution < 1.29 is 13.2 Å². The predicted molar refractivity (Wildman–Crippen MR) is 128 cm³/mol. The van der Waals surface area contributed by atoms with Crippen LogP contribution in [0.25, 0.3) is 33.7 Å². The second kappa shape index (κ2) is 8.51. The van der Waals surface area contributed by atoms with E-state index in [0.29, 0.717) is 17.2 Å². The maximum Gasteiger partial charge on any atom is 0.169 e. The van der Waals surface area contributed by atoms with Gasteiger partial charge in [-0.15, -0.1) is 0 Å². The summed E-state index contributed by atoms with van der Waals surface area (Å²) in [5, 5.41) is 3.18. The van der Waals surface area contributed by atoms with E-state index < -0.39 is 11.6 Å². The normalized spacial score (nSPS) is 11.1. The van der Waals surface area contributed by atoms with Gasteiger partial charge in [0.1, 0.15) is 11.6 Å². The van der Waals surface area contributed by atoms with Crippen LogP contribution in [0.1, 0.15) is 11.3 Å². The molecule has 2 aromatic carbocycles. The molecule has 7 heteroatoms. The summed E-state index contributed by atoms with van der Waals surface area (Å²) in [6.45, 7) is 6.00. The van der Waals surface area contributed by atoms with Gasteiger partial charge in [0.2, 0.25) is 0 Å². The zero-order valence-corrected chi connectivity index (χ0v) is 18.2. The van der Waals surface area contributed by atoms with Gasteiger partial charge in [0.25, 0.3) is 0 Å². The summed E-state index contributed by atoms with van der Waals surface area (Å²) in [6.07, 6.45) is 5.12. The number of aryl methyl sites for hydroxylation is 1. The van der Waals surface area contributed by atoms with Crippen molar-refractivity contribution in [3.8, 4) is 22.5 Å². The Labute approximate surface area is 194 Å². The summed E-state index contributed by atoms with van der Waals surface area (Å²) >= 11 is 0. The molecule has 3 aromatic heterocycles. The van der Waals surface area contributed by atoms with Gasteiger partial charge < -0.3 is 5.32 Å². The van der Waals surface area contributed by atoms with E-state index in [1.54, 1.807) is 35.1 Å². The van der Waals surface area contributed by atoms with Crippen LogP contribution in [0.2, 0.25) is 0 Å².